The van der Waals surface area contributed by atoms with Crippen LogP contribution in [-0.2, 0) is 16.0 Å². The van der Waals surface area contributed by atoms with E-state index in [0.29, 0.717) is 56.5 Å². The lowest BCUT2D eigenvalue weighted by molar-refractivity contribution is 0.0600. The first-order valence-electron chi connectivity index (χ1n) is 10.6. The fourth-order valence-electron chi connectivity index (χ4n) is 3.66. The van der Waals surface area contributed by atoms with Gasteiger partial charge in [0, 0.05) is 36.7 Å². The second-order valence-electron chi connectivity index (χ2n) is 7.57. The van der Waals surface area contributed by atoms with Gasteiger partial charge in [-0.15, -0.1) is 0 Å². The number of ether oxygens (including phenoxy) is 2. The van der Waals surface area contributed by atoms with E-state index in [2.05, 4.69) is 31.4 Å². The van der Waals surface area contributed by atoms with Gasteiger partial charge in [-0.05, 0) is 30.7 Å². The van der Waals surface area contributed by atoms with Gasteiger partial charge in [-0.2, -0.15) is 10.4 Å². The third kappa shape index (κ3) is 5.10. The van der Waals surface area contributed by atoms with E-state index in [-0.39, 0.29) is 0 Å². The summed E-state index contributed by atoms with van der Waals surface area (Å²) in [5.74, 6) is -0.00856. The number of aryl methyl sites for hydroxylation is 2. The van der Waals surface area contributed by atoms with Crippen molar-refractivity contribution in [3.63, 3.8) is 0 Å². The molecule has 1 aliphatic rings. The Morgan fingerprint density at radius 2 is 2.12 bits per heavy atom. The standard InChI is InChI=1S/C23H25N7O3/c1-16-13-25-23(28-21(16)17-14-26-30(15-17)7-3-6-24)27-18-4-5-20(19(12-18)22(31)32-2)29-8-10-33-11-9-29/h4-5,12-15H,3,7-11H2,1-2H3,(H,25,27,28). The van der Waals surface area contributed by atoms with Crippen LogP contribution >= 0.6 is 0 Å². The molecule has 0 radical (unpaired) electrons. The minimum atomic E-state index is -0.407. The molecule has 0 atom stereocenters. The number of rotatable bonds is 7. The van der Waals surface area contributed by atoms with Gasteiger partial charge in [0.05, 0.1) is 62.5 Å². The number of morpholine rings is 1. The summed E-state index contributed by atoms with van der Waals surface area (Å²) in [6.45, 7) is 5.11. The molecule has 3 heterocycles. The Morgan fingerprint density at radius 1 is 1.30 bits per heavy atom. The molecule has 10 heteroatoms. The number of esters is 1. The number of anilines is 3. The number of carbonyl (C=O) groups is 1. The summed E-state index contributed by atoms with van der Waals surface area (Å²) < 4.78 is 12.2. The average molecular weight is 447 g/mol. The van der Waals surface area contributed by atoms with E-state index in [9.17, 15) is 4.79 Å². The highest BCUT2D eigenvalue weighted by Gasteiger charge is 2.20. The zero-order valence-electron chi connectivity index (χ0n) is 18.6. The first-order valence-corrected chi connectivity index (χ1v) is 10.6. The molecular formula is C23H25N7O3. The van der Waals surface area contributed by atoms with Crippen LogP contribution in [-0.4, -0.2) is 59.1 Å². The monoisotopic (exact) mass is 447 g/mol. The maximum atomic E-state index is 12.5. The molecule has 3 aromatic rings. The fraction of sp³-hybridized carbons (Fsp3) is 0.348. The first kappa shape index (κ1) is 22.2. The van der Waals surface area contributed by atoms with E-state index in [1.165, 1.54) is 7.11 Å². The van der Waals surface area contributed by atoms with Crippen molar-refractivity contribution in [2.75, 3.05) is 43.6 Å². The van der Waals surface area contributed by atoms with Crippen LogP contribution in [0.25, 0.3) is 11.3 Å². The highest BCUT2D eigenvalue weighted by Crippen LogP contribution is 2.28. The van der Waals surface area contributed by atoms with Gasteiger partial charge in [0.2, 0.25) is 5.95 Å². The number of hydrogen-bond acceptors (Lipinski definition) is 9. The van der Waals surface area contributed by atoms with Crippen molar-refractivity contribution in [1.29, 1.82) is 5.26 Å². The lowest BCUT2D eigenvalue weighted by Crippen LogP contribution is -2.37. The van der Waals surface area contributed by atoms with E-state index >= 15 is 0 Å². The minimum absolute atomic E-state index is 0.389. The van der Waals surface area contributed by atoms with Crippen LogP contribution in [0.4, 0.5) is 17.3 Å². The van der Waals surface area contributed by atoms with Gasteiger partial charge in [-0.3, -0.25) is 4.68 Å². The Hall–Kier alpha value is -3.97. The Kier molecular flexibility index (Phi) is 6.80. The number of carbonyl (C=O) groups excluding carboxylic acids is 1. The summed E-state index contributed by atoms with van der Waals surface area (Å²) in [6.07, 6.45) is 5.71. The number of methoxy groups -OCH3 is 1. The quantitative estimate of drug-likeness (QED) is 0.545. The summed E-state index contributed by atoms with van der Waals surface area (Å²) in [7, 11) is 1.37. The maximum absolute atomic E-state index is 12.5. The molecule has 1 fully saturated rings. The molecule has 1 aliphatic heterocycles. The third-order valence-corrected chi connectivity index (χ3v) is 5.34. The molecule has 170 valence electrons. The zero-order chi connectivity index (χ0) is 23.2. The molecule has 0 bridgehead atoms. The fourth-order valence-corrected chi connectivity index (χ4v) is 3.66. The van der Waals surface area contributed by atoms with Crippen LogP contribution in [0.2, 0.25) is 0 Å². The molecule has 0 amide bonds. The van der Waals surface area contributed by atoms with Crippen molar-refractivity contribution in [3.05, 3.63) is 47.9 Å². The summed E-state index contributed by atoms with van der Waals surface area (Å²) in [5.41, 5.74) is 4.44. The highest BCUT2D eigenvalue weighted by molar-refractivity contribution is 5.97. The smallest absolute Gasteiger partial charge is 0.340 e. The molecule has 1 saturated heterocycles. The van der Waals surface area contributed by atoms with Crippen LogP contribution < -0.4 is 10.2 Å². The molecule has 0 aliphatic carbocycles. The van der Waals surface area contributed by atoms with E-state index in [1.807, 2.05) is 25.3 Å². The maximum Gasteiger partial charge on any atom is 0.340 e. The molecule has 2 aromatic heterocycles. The van der Waals surface area contributed by atoms with Gasteiger partial charge < -0.3 is 19.7 Å². The van der Waals surface area contributed by atoms with Gasteiger partial charge in [0.15, 0.2) is 0 Å². The van der Waals surface area contributed by atoms with Crippen LogP contribution in [0.3, 0.4) is 0 Å². The summed E-state index contributed by atoms with van der Waals surface area (Å²) >= 11 is 0. The van der Waals surface area contributed by atoms with E-state index in [4.69, 9.17) is 14.7 Å². The first-order chi connectivity index (χ1) is 16.1. The lowest BCUT2D eigenvalue weighted by Gasteiger charge is -2.30. The predicted octanol–water partition coefficient (Wildman–Crippen LogP) is 2.93. The molecule has 10 nitrogen and oxygen atoms in total. The van der Waals surface area contributed by atoms with Crippen molar-refractivity contribution in [2.24, 2.45) is 0 Å². The largest absolute Gasteiger partial charge is 0.465 e. The van der Waals surface area contributed by atoms with Crippen LogP contribution in [0.5, 0.6) is 0 Å². The molecule has 4 rings (SSSR count). The number of benzene rings is 1. The number of hydrogen-bond donors (Lipinski definition) is 1. The Morgan fingerprint density at radius 3 is 2.88 bits per heavy atom. The number of nitrogens with one attached hydrogen (secondary N) is 1. The summed E-state index contributed by atoms with van der Waals surface area (Å²) in [6, 6.07) is 7.65. The molecule has 1 N–H and O–H groups in total. The van der Waals surface area contributed by atoms with Gasteiger partial charge in [-0.1, -0.05) is 0 Å². The van der Waals surface area contributed by atoms with Crippen molar-refractivity contribution in [2.45, 2.75) is 19.9 Å². The summed E-state index contributed by atoms with van der Waals surface area (Å²) in [4.78, 5) is 23.6. The normalized spacial score (nSPS) is 13.4. The second kappa shape index (κ2) is 10.1. The SMILES string of the molecule is COC(=O)c1cc(Nc2ncc(C)c(-c3cnn(CCC#N)c3)n2)ccc1N1CCOCC1. The number of nitriles is 1. The molecule has 0 unspecified atom stereocenters. The molecular weight excluding hydrogens is 422 g/mol. The Labute approximate surface area is 191 Å². The van der Waals surface area contributed by atoms with E-state index in [1.54, 1.807) is 23.1 Å². The van der Waals surface area contributed by atoms with Crippen LogP contribution in [0.15, 0.2) is 36.8 Å². The van der Waals surface area contributed by atoms with Gasteiger partial charge in [0.1, 0.15) is 0 Å². The van der Waals surface area contributed by atoms with Gasteiger partial charge in [0.25, 0.3) is 0 Å². The topological polar surface area (TPSA) is 118 Å². The van der Waals surface area contributed by atoms with Crippen molar-refractivity contribution < 1.29 is 14.3 Å². The lowest BCUT2D eigenvalue weighted by atomic mass is 10.1. The minimum Gasteiger partial charge on any atom is -0.465 e. The van der Waals surface area contributed by atoms with Gasteiger partial charge in [-0.25, -0.2) is 14.8 Å². The van der Waals surface area contributed by atoms with E-state index < -0.39 is 5.97 Å². The molecule has 0 saturated carbocycles. The molecule has 33 heavy (non-hydrogen) atoms. The van der Waals surface area contributed by atoms with Crippen molar-refractivity contribution in [3.8, 4) is 17.3 Å². The van der Waals surface area contributed by atoms with Crippen LogP contribution in [0.1, 0.15) is 22.3 Å². The summed E-state index contributed by atoms with van der Waals surface area (Å²) in [5, 5.41) is 16.3. The zero-order valence-corrected chi connectivity index (χ0v) is 18.6. The second-order valence-corrected chi connectivity index (χ2v) is 7.57. The van der Waals surface area contributed by atoms with E-state index in [0.717, 1.165) is 22.5 Å². The Bertz CT molecular complexity index is 1180. The van der Waals surface area contributed by atoms with Crippen LogP contribution in [0, 0.1) is 18.3 Å². The predicted molar refractivity (Wildman–Crippen MR) is 122 cm³/mol. The number of aromatic nitrogens is 4. The molecule has 0 spiro atoms. The average Bonchev–Trinajstić information content (AvgIpc) is 3.32. The van der Waals surface area contributed by atoms with Gasteiger partial charge >= 0.3 is 5.97 Å². The van der Waals surface area contributed by atoms with Crippen molar-refractivity contribution >= 4 is 23.3 Å². The molecule has 1 aromatic carbocycles. The Balaban J connectivity index is 1.59. The highest BCUT2D eigenvalue weighted by atomic mass is 16.5. The third-order valence-electron chi connectivity index (χ3n) is 5.34. The number of nitrogens with zero attached hydrogens (tertiary/aromatic N) is 6. The van der Waals surface area contributed by atoms with Crippen molar-refractivity contribution in [1.82, 2.24) is 19.7 Å².